The van der Waals surface area contributed by atoms with Gasteiger partial charge in [0.25, 0.3) is 0 Å². The molecular weight excluding hydrogens is 214 g/mol. The van der Waals surface area contributed by atoms with Crippen LogP contribution in [0.2, 0.25) is 0 Å². The molecule has 1 aromatic carbocycles. The van der Waals surface area contributed by atoms with Crippen LogP contribution < -0.4 is 4.90 Å². The zero-order chi connectivity index (χ0) is 12.4. The summed E-state index contributed by atoms with van der Waals surface area (Å²) in [6, 6.07) is 5.84. The second-order valence-corrected chi connectivity index (χ2v) is 4.61. The molecule has 0 radical (unpaired) electrons. The summed E-state index contributed by atoms with van der Waals surface area (Å²) in [5.41, 5.74) is 2.87. The number of anilines is 1. The molecule has 1 aromatic rings. The van der Waals surface area contributed by atoms with Crippen LogP contribution >= 0.6 is 0 Å². The van der Waals surface area contributed by atoms with Gasteiger partial charge in [-0.2, -0.15) is 0 Å². The van der Waals surface area contributed by atoms with Crippen LogP contribution in [0.25, 0.3) is 0 Å². The van der Waals surface area contributed by atoms with E-state index in [4.69, 9.17) is 0 Å². The first-order valence-electron chi connectivity index (χ1n) is 6.23. The number of benzene rings is 1. The van der Waals surface area contributed by atoms with E-state index in [9.17, 15) is 9.90 Å². The van der Waals surface area contributed by atoms with Crippen molar-refractivity contribution in [2.75, 3.05) is 11.4 Å². The third kappa shape index (κ3) is 2.20. The van der Waals surface area contributed by atoms with E-state index < -0.39 is 6.10 Å². The summed E-state index contributed by atoms with van der Waals surface area (Å²) in [5.74, 6) is 0.162. The van der Waals surface area contributed by atoms with Crippen molar-refractivity contribution in [3.8, 4) is 0 Å². The molecule has 92 valence electrons. The van der Waals surface area contributed by atoms with Crippen LogP contribution in [0.3, 0.4) is 0 Å². The van der Waals surface area contributed by atoms with Crippen LogP contribution in [-0.2, 0) is 4.79 Å². The third-order valence-corrected chi connectivity index (χ3v) is 3.29. The largest absolute Gasteiger partial charge is 0.388 e. The van der Waals surface area contributed by atoms with E-state index >= 15 is 0 Å². The fourth-order valence-corrected chi connectivity index (χ4v) is 2.44. The van der Waals surface area contributed by atoms with Gasteiger partial charge in [0.1, 0.15) is 0 Å². The maximum Gasteiger partial charge on any atom is 0.226 e. The third-order valence-electron chi connectivity index (χ3n) is 3.29. The Morgan fingerprint density at radius 1 is 1.53 bits per heavy atom. The van der Waals surface area contributed by atoms with Gasteiger partial charge in [0, 0.05) is 18.5 Å². The van der Waals surface area contributed by atoms with Crippen LogP contribution in [0.5, 0.6) is 0 Å². The van der Waals surface area contributed by atoms with Crippen LogP contribution in [0, 0.1) is 6.92 Å². The lowest BCUT2D eigenvalue weighted by atomic mass is 9.95. The fraction of sp³-hybridized carbons (Fsp3) is 0.500. The second kappa shape index (κ2) is 4.88. The molecule has 0 spiro atoms. The molecule has 0 aromatic heterocycles. The van der Waals surface area contributed by atoms with Crippen molar-refractivity contribution in [3.63, 3.8) is 0 Å². The Hall–Kier alpha value is -1.35. The molecule has 1 N–H and O–H groups in total. The maximum absolute atomic E-state index is 12.1. The van der Waals surface area contributed by atoms with E-state index in [1.165, 1.54) is 0 Å². The highest BCUT2D eigenvalue weighted by Gasteiger charge is 2.27. The highest BCUT2D eigenvalue weighted by Crippen LogP contribution is 2.36. The van der Waals surface area contributed by atoms with E-state index in [1.807, 2.05) is 36.9 Å². The summed E-state index contributed by atoms with van der Waals surface area (Å²) >= 11 is 0. The number of hydrogen-bond donors (Lipinski definition) is 1. The van der Waals surface area contributed by atoms with Gasteiger partial charge in [0.05, 0.1) is 11.8 Å². The minimum Gasteiger partial charge on any atom is -0.388 e. The molecule has 1 heterocycles. The number of fused-ring (bicyclic) bond motifs is 1. The Morgan fingerprint density at radius 3 is 3.00 bits per heavy atom. The number of aliphatic hydroxyl groups excluding tert-OH is 1. The van der Waals surface area contributed by atoms with Crippen molar-refractivity contribution in [2.45, 2.75) is 39.2 Å². The lowest BCUT2D eigenvalue weighted by molar-refractivity contribution is -0.118. The van der Waals surface area contributed by atoms with Crippen molar-refractivity contribution in [2.24, 2.45) is 0 Å². The highest BCUT2D eigenvalue weighted by molar-refractivity contribution is 5.95. The topological polar surface area (TPSA) is 40.5 Å². The Morgan fingerprint density at radius 2 is 2.29 bits per heavy atom. The normalized spacial score (nSPS) is 19.0. The van der Waals surface area contributed by atoms with E-state index in [1.54, 1.807) is 0 Å². The summed E-state index contributed by atoms with van der Waals surface area (Å²) in [6.07, 6.45) is 1.63. The molecule has 2 rings (SSSR count). The molecule has 0 bridgehead atoms. The molecule has 0 saturated carbocycles. The summed E-state index contributed by atoms with van der Waals surface area (Å²) in [5, 5.41) is 9.98. The standard InChI is InChI=1S/C14H19NO2/c1-3-5-13(17)15-9-8-12(16)11-7-4-6-10(2)14(11)15/h4,6-7,12,16H,3,5,8-9H2,1-2H3. The van der Waals surface area contributed by atoms with Crippen molar-refractivity contribution in [3.05, 3.63) is 29.3 Å². The molecule has 0 saturated heterocycles. The molecule has 3 nitrogen and oxygen atoms in total. The molecule has 1 aliphatic heterocycles. The van der Waals surface area contributed by atoms with Gasteiger partial charge < -0.3 is 10.0 Å². The number of carbonyl (C=O) groups excluding carboxylic acids is 1. The van der Waals surface area contributed by atoms with Crippen LogP contribution in [0.1, 0.15) is 43.4 Å². The first-order chi connectivity index (χ1) is 8.15. The first kappa shape index (κ1) is 12.1. The average molecular weight is 233 g/mol. The van der Waals surface area contributed by atoms with Crippen molar-refractivity contribution >= 4 is 11.6 Å². The second-order valence-electron chi connectivity index (χ2n) is 4.61. The van der Waals surface area contributed by atoms with E-state index in [0.717, 1.165) is 23.2 Å². The number of para-hydroxylation sites is 1. The summed E-state index contributed by atoms with van der Waals surface area (Å²) in [4.78, 5) is 13.9. The lowest BCUT2D eigenvalue weighted by Crippen LogP contribution is -2.37. The molecule has 0 fully saturated rings. The van der Waals surface area contributed by atoms with Gasteiger partial charge in [-0.1, -0.05) is 25.1 Å². The van der Waals surface area contributed by atoms with Crippen LogP contribution in [0.4, 0.5) is 5.69 Å². The minimum absolute atomic E-state index is 0.162. The van der Waals surface area contributed by atoms with E-state index in [2.05, 4.69) is 0 Å². The van der Waals surface area contributed by atoms with Crippen molar-refractivity contribution < 1.29 is 9.90 Å². The number of carbonyl (C=O) groups is 1. The van der Waals surface area contributed by atoms with Gasteiger partial charge in [-0.25, -0.2) is 0 Å². The number of nitrogens with zero attached hydrogens (tertiary/aromatic N) is 1. The maximum atomic E-state index is 12.1. The van der Waals surface area contributed by atoms with E-state index in [0.29, 0.717) is 19.4 Å². The molecule has 17 heavy (non-hydrogen) atoms. The lowest BCUT2D eigenvalue weighted by Gasteiger charge is -2.33. The van der Waals surface area contributed by atoms with Gasteiger partial charge in [-0.05, 0) is 25.3 Å². The summed E-state index contributed by atoms with van der Waals surface area (Å²) in [6.45, 7) is 4.62. The van der Waals surface area contributed by atoms with Crippen LogP contribution in [-0.4, -0.2) is 17.6 Å². The van der Waals surface area contributed by atoms with Gasteiger partial charge in [0.2, 0.25) is 5.91 Å². The molecule has 1 unspecified atom stereocenters. The molecule has 1 atom stereocenters. The molecular formula is C14H19NO2. The predicted octanol–water partition coefficient (Wildman–Crippen LogP) is 2.57. The number of aliphatic hydroxyl groups is 1. The highest BCUT2D eigenvalue weighted by atomic mass is 16.3. The molecule has 1 amide bonds. The van der Waals surface area contributed by atoms with Gasteiger partial charge in [-0.15, -0.1) is 0 Å². The SMILES string of the molecule is CCCC(=O)N1CCC(O)c2cccc(C)c21. The predicted molar refractivity (Wildman–Crippen MR) is 68.0 cm³/mol. The zero-order valence-electron chi connectivity index (χ0n) is 10.4. The molecule has 0 aliphatic carbocycles. The number of aryl methyl sites for hydroxylation is 1. The molecule has 1 aliphatic rings. The number of rotatable bonds is 2. The Kier molecular flexibility index (Phi) is 3.48. The Bertz CT molecular complexity index is 428. The van der Waals surface area contributed by atoms with E-state index in [-0.39, 0.29) is 5.91 Å². The molecule has 3 heteroatoms. The fourth-order valence-electron chi connectivity index (χ4n) is 2.44. The van der Waals surface area contributed by atoms with Crippen molar-refractivity contribution in [1.29, 1.82) is 0 Å². The Balaban J connectivity index is 2.41. The Labute approximate surface area is 102 Å². The monoisotopic (exact) mass is 233 g/mol. The van der Waals surface area contributed by atoms with Gasteiger partial charge in [0.15, 0.2) is 0 Å². The number of amides is 1. The van der Waals surface area contributed by atoms with Crippen LogP contribution in [0.15, 0.2) is 18.2 Å². The van der Waals surface area contributed by atoms with Crippen molar-refractivity contribution in [1.82, 2.24) is 0 Å². The minimum atomic E-state index is -0.435. The summed E-state index contributed by atoms with van der Waals surface area (Å²) in [7, 11) is 0. The summed E-state index contributed by atoms with van der Waals surface area (Å²) < 4.78 is 0. The zero-order valence-corrected chi connectivity index (χ0v) is 10.4. The van der Waals surface area contributed by atoms with Gasteiger partial charge in [-0.3, -0.25) is 4.79 Å². The first-order valence-corrected chi connectivity index (χ1v) is 6.23. The van der Waals surface area contributed by atoms with Gasteiger partial charge >= 0.3 is 0 Å². The average Bonchev–Trinajstić information content (AvgIpc) is 2.31. The smallest absolute Gasteiger partial charge is 0.226 e. The quantitative estimate of drug-likeness (QED) is 0.852. The number of hydrogen-bond acceptors (Lipinski definition) is 2.